The number of hydrogen-bond donors (Lipinski definition) is 1. The molecule has 0 spiro atoms. The fourth-order valence-corrected chi connectivity index (χ4v) is 6.19. The number of carbonyl (C=O) groups is 2. The number of amides is 1. The average molecular weight is 439 g/mol. The smallest absolute Gasteiger partial charge is 0.251 e. The molecule has 9 heteroatoms. The van der Waals surface area contributed by atoms with Gasteiger partial charge in [-0.15, -0.1) is 17.9 Å². The van der Waals surface area contributed by atoms with Crippen LogP contribution in [-0.4, -0.2) is 43.5 Å². The van der Waals surface area contributed by atoms with Crippen molar-refractivity contribution in [1.29, 1.82) is 0 Å². The maximum Gasteiger partial charge on any atom is 0.251 e. The summed E-state index contributed by atoms with van der Waals surface area (Å²) in [6.45, 7) is 4.22. The number of halogens is 1. The first kappa shape index (κ1) is 20.7. The predicted molar refractivity (Wildman–Crippen MR) is 109 cm³/mol. The summed E-state index contributed by atoms with van der Waals surface area (Å²) in [6, 6.07) is 7.95. The number of nitrogens with zero attached hydrogens (tertiary/aromatic N) is 1. The minimum Gasteiger partial charge on any atom is -0.347 e. The zero-order valence-electron chi connectivity index (χ0n) is 14.9. The number of likely N-dealkylation sites (tertiary alicyclic amines) is 1. The van der Waals surface area contributed by atoms with E-state index >= 15 is 0 Å². The Morgan fingerprint density at radius 1 is 1.32 bits per heavy atom. The third kappa shape index (κ3) is 4.35. The number of thiophene rings is 1. The first-order valence-corrected chi connectivity index (χ1v) is 11.4. The van der Waals surface area contributed by atoms with Gasteiger partial charge in [0.05, 0.1) is 18.0 Å². The van der Waals surface area contributed by atoms with Gasteiger partial charge >= 0.3 is 0 Å². The molecule has 1 N–H and O–H groups in total. The van der Waals surface area contributed by atoms with Crippen LogP contribution >= 0.6 is 22.9 Å². The Balaban J connectivity index is 1.76. The molecule has 0 saturated carbocycles. The van der Waals surface area contributed by atoms with E-state index in [1.807, 2.05) is 0 Å². The van der Waals surface area contributed by atoms with Crippen LogP contribution in [0.5, 0.6) is 0 Å². The van der Waals surface area contributed by atoms with E-state index in [-0.39, 0.29) is 29.7 Å². The summed E-state index contributed by atoms with van der Waals surface area (Å²) < 4.78 is 26.3. The summed E-state index contributed by atoms with van der Waals surface area (Å²) in [5.74, 6) is -0.304. The van der Waals surface area contributed by atoms with E-state index in [0.717, 1.165) is 0 Å². The monoisotopic (exact) mass is 438 g/mol. The summed E-state index contributed by atoms with van der Waals surface area (Å²) in [5, 5.41) is 3.96. The largest absolute Gasteiger partial charge is 0.347 e. The second-order valence-electron chi connectivity index (χ2n) is 6.33. The number of ketones is 1. The molecule has 0 aliphatic carbocycles. The van der Waals surface area contributed by atoms with Gasteiger partial charge in [-0.3, -0.25) is 14.5 Å². The van der Waals surface area contributed by atoms with Gasteiger partial charge in [0.1, 0.15) is 11.2 Å². The van der Waals surface area contributed by atoms with Crippen molar-refractivity contribution in [3.8, 4) is 0 Å². The third-order valence-corrected chi connectivity index (χ3v) is 7.89. The van der Waals surface area contributed by atoms with Crippen molar-refractivity contribution in [2.75, 3.05) is 13.1 Å². The first-order chi connectivity index (χ1) is 13.3. The van der Waals surface area contributed by atoms with Crippen LogP contribution < -0.4 is 5.32 Å². The molecular formula is C19H19ClN2O4S2. The van der Waals surface area contributed by atoms with Gasteiger partial charge in [-0.2, -0.15) is 0 Å². The highest BCUT2D eigenvalue weighted by Crippen LogP contribution is 2.28. The van der Waals surface area contributed by atoms with Crippen LogP contribution in [0, 0.1) is 0 Å². The van der Waals surface area contributed by atoms with Crippen molar-refractivity contribution in [2.45, 2.75) is 23.2 Å². The molecule has 1 aliphatic heterocycles. The Hall–Kier alpha value is -2.00. The van der Waals surface area contributed by atoms with Crippen LogP contribution in [0.2, 0.25) is 5.02 Å². The van der Waals surface area contributed by atoms with E-state index in [9.17, 15) is 18.0 Å². The lowest BCUT2D eigenvalue weighted by atomic mass is 10.2. The van der Waals surface area contributed by atoms with Gasteiger partial charge in [0, 0.05) is 28.4 Å². The molecular weight excluding hydrogens is 420 g/mol. The standard InChI is InChI=1S/C19H19ClN2O4S2/c1-2-18(22-9-7-15(23)12-22)28(25,26)17-8-10-27-16(17)11-21-19(24)13-3-5-14(20)6-4-13/h2-6,8,10,18H,1,7,9,11-12H2,(H,21,24). The van der Waals surface area contributed by atoms with E-state index in [1.54, 1.807) is 34.5 Å². The lowest BCUT2D eigenvalue weighted by Gasteiger charge is -2.23. The third-order valence-electron chi connectivity index (χ3n) is 4.46. The Morgan fingerprint density at radius 3 is 2.64 bits per heavy atom. The maximum atomic E-state index is 13.1. The number of Topliss-reactive ketones (excluding diaryl/α,β-unsaturated/α-hetero) is 1. The van der Waals surface area contributed by atoms with Gasteiger partial charge < -0.3 is 5.32 Å². The summed E-state index contributed by atoms with van der Waals surface area (Å²) in [5.41, 5.74) is 0.435. The molecule has 1 unspecified atom stereocenters. The van der Waals surface area contributed by atoms with Gasteiger partial charge in [0.25, 0.3) is 5.91 Å². The highest BCUT2D eigenvalue weighted by Gasteiger charge is 2.36. The van der Waals surface area contributed by atoms with Crippen molar-refractivity contribution in [1.82, 2.24) is 10.2 Å². The van der Waals surface area contributed by atoms with E-state index in [1.165, 1.54) is 23.5 Å². The van der Waals surface area contributed by atoms with Gasteiger partial charge in [0.2, 0.25) is 0 Å². The number of nitrogens with one attached hydrogen (secondary N) is 1. The highest BCUT2D eigenvalue weighted by molar-refractivity contribution is 7.92. The molecule has 6 nitrogen and oxygen atoms in total. The van der Waals surface area contributed by atoms with Crippen molar-refractivity contribution < 1.29 is 18.0 Å². The molecule has 0 bridgehead atoms. The van der Waals surface area contributed by atoms with Crippen LogP contribution in [0.25, 0.3) is 0 Å². The number of hydrogen-bond acceptors (Lipinski definition) is 6. The fourth-order valence-electron chi connectivity index (χ4n) is 3.05. The number of rotatable bonds is 7. The molecule has 0 radical (unpaired) electrons. The highest BCUT2D eigenvalue weighted by atomic mass is 35.5. The van der Waals surface area contributed by atoms with Gasteiger partial charge in [0.15, 0.2) is 9.84 Å². The van der Waals surface area contributed by atoms with E-state index < -0.39 is 15.2 Å². The number of benzene rings is 1. The number of carbonyl (C=O) groups excluding carboxylic acids is 2. The molecule has 148 valence electrons. The van der Waals surface area contributed by atoms with E-state index in [2.05, 4.69) is 11.9 Å². The van der Waals surface area contributed by atoms with Gasteiger partial charge in [-0.05, 0) is 35.7 Å². The van der Waals surface area contributed by atoms with Crippen LogP contribution in [0.1, 0.15) is 21.7 Å². The molecule has 3 rings (SSSR count). The van der Waals surface area contributed by atoms with Crippen LogP contribution in [0.3, 0.4) is 0 Å². The Morgan fingerprint density at radius 2 is 2.04 bits per heavy atom. The second-order valence-corrected chi connectivity index (χ2v) is 9.78. The molecule has 1 aromatic heterocycles. The van der Waals surface area contributed by atoms with Crippen molar-refractivity contribution in [2.24, 2.45) is 0 Å². The predicted octanol–water partition coefficient (Wildman–Crippen LogP) is 2.89. The molecule has 1 aliphatic rings. The molecule has 1 atom stereocenters. The molecule has 28 heavy (non-hydrogen) atoms. The van der Waals surface area contributed by atoms with Crippen molar-refractivity contribution in [3.63, 3.8) is 0 Å². The minimum absolute atomic E-state index is 0.0165. The lowest BCUT2D eigenvalue weighted by molar-refractivity contribution is -0.116. The minimum atomic E-state index is -3.77. The average Bonchev–Trinajstić information content (AvgIpc) is 3.30. The summed E-state index contributed by atoms with van der Waals surface area (Å²) in [7, 11) is -3.77. The molecule has 1 aromatic carbocycles. The Labute approximate surface area is 172 Å². The zero-order chi connectivity index (χ0) is 20.3. The quantitative estimate of drug-likeness (QED) is 0.672. The van der Waals surface area contributed by atoms with Crippen molar-refractivity contribution >= 4 is 44.5 Å². The molecule has 1 amide bonds. The second kappa shape index (κ2) is 8.57. The van der Waals surface area contributed by atoms with Crippen LogP contribution in [0.4, 0.5) is 0 Å². The van der Waals surface area contributed by atoms with Crippen LogP contribution in [0.15, 0.2) is 53.3 Å². The molecule has 1 saturated heterocycles. The molecule has 2 heterocycles. The first-order valence-electron chi connectivity index (χ1n) is 8.55. The van der Waals surface area contributed by atoms with Crippen LogP contribution in [-0.2, 0) is 21.2 Å². The van der Waals surface area contributed by atoms with Gasteiger partial charge in [-0.1, -0.05) is 17.7 Å². The normalized spacial score (nSPS) is 16.1. The molecule has 1 fully saturated rings. The van der Waals surface area contributed by atoms with Crippen molar-refractivity contribution in [3.05, 3.63) is 63.8 Å². The molecule has 2 aromatic rings. The lowest BCUT2D eigenvalue weighted by Crippen LogP contribution is -2.38. The van der Waals surface area contributed by atoms with E-state index in [0.29, 0.717) is 28.4 Å². The topological polar surface area (TPSA) is 83.6 Å². The van der Waals surface area contributed by atoms with E-state index in [4.69, 9.17) is 11.6 Å². The zero-order valence-corrected chi connectivity index (χ0v) is 17.3. The summed E-state index contributed by atoms with van der Waals surface area (Å²) in [4.78, 5) is 26.1. The Kier molecular flexibility index (Phi) is 6.34. The number of sulfone groups is 1. The SMILES string of the molecule is C=CC(N1CCC(=O)C1)S(=O)(=O)c1ccsc1CNC(=O)c1ccc(Cl)cc1. The summed E-state index contributed by atoms with van der Waals surface area (Å²) in [6.07, 6.45) is 1.69. The fraction of sp³-hybridized carbons (Fsp3) is 0.263. The maximum absolute atomic E-state index is 13.1. The Bertz CT molecular complexity index is 999. The van der Waals surface area contributed by atoms with Gasteiger partial charge in [-0.25, -0.2) is 8.42 Å². The summed E-state index contributed by atoms with van der Waals surface area (Å²) >= 11 is 7.07.